The Balaban J connectivity index is 2.13. The van der Waals surface area contributed by atoms with Crippen molar-refractivity contribution in [2.45, 2.75) is 19.9 Å². The van der Waals surface area contributed by atoms with Crippen LogP contribution >= 0.6 is 0 Å². The molecule has 0 aliphatic carbocycles. The van der Waals surface area contributed by atoms with E-state index in [1.807, 2.05) is 24.3 Å². The molecule has 2 rings (SSSR count). The molecule has 0 aromatic heterocycles. The van der Waals surface area contributed by atoms with E-state index in [0.717, 1.165) is 18.8 Å². The van der Waals surface area contributed by atoms with Gasteiger partial charge in [-0.25, -0.2) is 0 Å². The summed E-state index contributed by atoms with van der Waals surface area (Å²) in [6.07, 6.45) is 0. The van der Waals surface area contributed by atoms with Crippen LogP contribution in [0.3, 0.4) is 0 Å². The topological polar surface area (TPSA) is 72.1 Å². The Hall–Kier alpha value is -2.73. The molecule has 0 spiro atoms. The number of methoxy groups -OCH3 is 2. The molecule has 0 bridgehead atoms. The minimum Gasteiger partial charge on any atom is -0.493 e. The molecule has 0 heterocycles. The van der Waals surface area contributed by atoms with E-state index in [1.165, 1.54) is 5.56 Å². The molecule has 2 aromatic rings. The fourth-order valence-corrected chi connectivity index (χ4v) is 3.06. The number of nitrogens with two attached hydrogens (primary N) is 1. The molecule has 1 unspecified atom stereocenters. The minimum absolute atomic E-state index is 0.187. The molecule has 0 saturated heterocycles. The van der Waals surface area contributed by atoms with E-state index >= 15 is 0 Å². The number of anilines is 1. The summed E-state index contributed by atoms with van der Waals surface area (Å²) in [6, 6.07) is 16.1. The summed E-state index contributed by atoms with van der Waals surface area (Å²) >= 11 is 0. The van der Waals surface area contributed by atoms with Crippen LogP contribution in [0.1, 0.15) is 25.5 Å². The van der Waals surface area contributed by atoms with E-state index in [2.05, 4.69) is 53.3 Å². The van der Waals surface area contributed by atoms with Crippen molar-refractivity contribution in [3.63, 3.8) is 0 Å². The maximum Gasteiger partial charge on any atom is 0.193 e. The van der Waals surface area contributed by atoms with Crippen LogP contribution in [-0.2, 0) is 0 Å². The molecular weight excluding hydrogens is 340 g/mol. The molecule has 1 atom stereocenters. The Labute approximate surface area is 162 Å². The van der Waals surface area contributed by atoms with Crippen molar-refractivity contribution in [1.29, 1.82) is 0 Å². The van der Waals surface area contributed by atoms with Crippen LogP contribution in [-0.4, -0.2) is 44.7 Å². The van der Waals surface area contributed by atoms with Gasteiger partial charge in [-0.3, -0.25) is 9.89 Å². The number of hydrogen-bond acceptors (Lipinski definition) is 4. The number of ether oxygens (including phenoxy) is 2. The normalized spacial score (nSPS) is 12.7. The molecule has 0 fully saturated rings. The Kier molecular flexibility index (Phi) is 7.95. The van der Waals surface area contributed by atoms with Crippen molar-refractivity contribution in [2.75, 3.05) is 39.2 Å². The highest BCUT2D eigenvalue weighted by Crippen LogP contribution is 2.29. The lowest BCUT2D eigenvalue weighted by Gasteiger charge is -2.29. The van der Waals surface area contributed by atoms with E-state index in [4.69, 9.17) is 15.2 Å². The quantitative estimate of drug-likeness (QED) is 0.522. The van der Waals surface area contributed by atoms with Gasteiger partial charge in [0.05, 0.1) is 26.8 Å². The lowest BCUT2D eigenvalue weighted by Crippen LogP contribution is -2.32. The molecule has 3 N–H and O–H groups in total. The largest absolute Gasteiger partial charge is 0.493 e. The van der Waals surface area contributed by atoms with Gasteiger partial charge in [0.2, 0.25) is 0 Å². The highest BCUT2D eigenvalue weighted by molar-refractivity contribution is 5.92. The average molecular weight is 370 g/mol. The van der Waals surface area contributed by atoms with Crippen molar-refractivity contribution in [3.05, 3.63) is 54.1 Å². The lowest BCUT2D eigenvalue weighted by molar-refractivity contribution is 0.224. The number of hydrogen-bond donors (Lipinski definition) is 2. The Morgan fingerprint density at radius 2 is 1.70 bits per heavy atom. The summed E-state index contributed by atoms with van der Waals surface area (Å²) in [4.78, 5) is 6.96. The van der Waals surface area contributed by atoms with Crippen LogP contribution in [0.2, 0.25) is 0 Å². The standard InChI is InChI=1S/C21H30N4O2/c1-5-25(6-2)18(16-10-8-7-9-11-16)15-23-21(22)24-17-12-13-19(26-3)20(14-17)27-4/h7-14,18H,5-6,15H2,1-4H3,(H3,22,23,24). The molecule has 6 nitrogen and oxygen atoms in total. The van der Waals surface area contributed by atoms with Gasteiger partial charge in [0, 0.05) is 11.8 Å². The van der Waals surface area contributed by atoms with E-state index in [1.54, 1.807) is 14.2 Å². The van der Waals surface area contributed by atoms with E-state index in [0.29, 0.717) is 24.0 Å². The van der Waals surface area contributed by atoms with Crippen molar-refractivity contribution in [1.82, 2.24) is 4.90 Å². The summed E-state index contributed by atoms with van der Waals surface area (Å²) in [5, 5.41) is 3.12. The first-order chi connectivity index (χ1) is 13.1. The number of likely N-dealkylation sites (N-methyl/N-ethyl adjacent to an activating group) is 1. The van der Waals surface area contributed by atoms with Crippen LogP contribution in [0.5, 0.6) is 11.5 Å². The number of rotatable bonds is 9. The fraction of sp³-hybridized carbons (Fsp3) is 0.381. The number of aliphatic imine (C=N–C) groups is 1. The van der Waals surface area contributed by atoms with E-state index in [9.17, 15) is 0 Å². The predicted octanol–water partition coefficient (Wildman–Crippen LogP) is 3.51. The van der Waals surface area contributed by atoms with E-state index < -0.39 is 0 Å². The van der Waals surface area contributed by atoms with Gasteiger partial charge in [-0.05, 0) is 30.8 Å². The van der Waals surface area contributed by atoms with Crippen LogP contribution in [0.4, 0.5) is 5.69 Å². The van der Waals surface area contributed by atoms with Crippen molar-refractivity contribution in [3.8, 4) is 11.5 Å². The fourth-order valence-electron chi connectivity index (χ4n) is 3.06. The number of nitrogens with zero attached hydrogens (tertiary/aromatic N) is 2. The van der Waals surface area contributed by atoms with Crippen molar-refractivity contribution in [2.24, 2.45) is 10.7 Å². The monoisotopic (exact) mass is 370 g/mol. The molecule has 0 amide bonds. The number of benzene rings is 2. The molecule has 6 heteroatoms. The Morgan fingerprint density at radius 1 is 1.04 bits per heavy atom. The van der Waals surface area contributed by atoms with Crippen molar-refractivity contribution < 1.29 is 9.47 Å². The summed E-state index contributed by atoms with van der Waals surface area (Å²) in [5.41, 5.74) is 8.16. The molecule has 27 heavy (non-hydrogen) atoms. The molecule has 2 aromatic carbocycles. The zero-order chi connectivity index (χ0) is 19.6. The van der Waals surface area contributed by atoms with Crippen LogP contribution < -0.4 is 20.5 Å². The molecule has 0 aliphatic heterocycles. The van der Waals surface area contributed by atoms with Gasteiger partial charge in [-0.1, -0.05) is 44.2 Å². The highest BCUT2D eigenvalue weighted by atomic mass is 16.5. The van der Waals surface area contributed by atoms with Gasteiger partial charge in [0.25, 0.3) is 0 Å². The van der Waals surface area contributed by atoms with Gasteiger partial charge in [0.1, 0.15) is 0 Å². The second kappa shape index (κ2) is 10.4. The zero-order valence-corrected chi connectivity index (χ0v) is 16.6. The summed E-state index contributed by atoms with van der Waals surface area (Å²) in [6.45, 7) is 6.81. The number of guanidine groups is 1. The first-order valence-corrected chi connectivity index (χ1v) is 9.20. The molecular formula is C21H30N4O2. The van der Waals surface area contributed by atoms with Gasteiger partial charge in [-0.15, -0.1) is 0 Å². The first kappa shape index (κ1) is 20.6. The molecule has 0 saturated carbocycles. The highest BCUT2D eigenvalue weighted by Gasteiger charge is 2.17. The van der Waals surface area contributed by atoms with Crippen molar-refractivity contribution >= 4 is 11.6 Å². The second-order valence-electron chi connectivity index (χ2n) is 6.07. The molecule has 146 valence electrons. The molecule has 0 radical (unpaired) electrons. The average Bonchev–Trinajstić information content (AvgIpc) is 2.71. The third-order valence-corrected chi connectivity index (χ3v) is 4.53. The smallest absolute Gasteiger partial charge is 0.193 e. The zero-order valence-electron chi connectivity index (χ0n) is 16.6. The minimum atomic E-state index is 0.187. The summed E-state index contributed by atoms with van der Waals surface area (Å²) < 4.78 is 10.6. The molecule has 0 aliphatic rings. The lowest BCUT2D eigenvalue weighted by atomic mass is 10.1. The maximum atomic E-state index is 6.13. The van der Waals surface area contributed by atoms with Gasteiger partial charge in [0.15, 0.2) is 17.5 Å². The second-order valence-corrected chi connectivity index (χ2v) is 6.07. The summed E-state index contributed by atoms with van der Waals surface area (Å²) in [7, 11) is 3.21. The first-order valence-electron chi connectivity index (χ1n) is 9.20. The third-order valence-electron chi connectivity index (χ3n) is 4.53. The van der Waals surface area contributed by atoms with Gasteiger partial charge in [-0.2, -0.15) is 0 Å². The SMILES string of the molecule is CCN(CC)C(CN=C(N)Nc1ccc(OC)c(OC)c1)c1ccccc1. The van der Waals surface area contributed by atoms with Crippen LogP contribution in [0.25, 0.3) is 0 Å². The van der Waals surface area contributed by atoms with Crippen LogP contribution in [0, 0.1) is 0 Å². The Morgan fingerprint density at radius 3 is 2.30 bits per heavy atom. The number of nitrogens with one attached hydrogen (secondary N) is 1. The maximum absolute atomic E-state index is 6.13. The van der Waals surface area contributed by atoms with E-state index in [-0.39, 0.29) is 6.04 Å². The van der Waals surface area contributed by atoms with Gasteiger partial charge >= 0.3 is 0 Å². The van der Waals surface area contributed by atoms with Gasteiger partial charge < -0.3 is 20.5 Å². The summed E-state index contributed by atoms with van der Waals surface area (Å²) in [5.74, 6) is 1.68. The van der Waals surface area contributed by atoms with Crippen LogP contribution in [0.15, 0.2) is 53.5 Å². The predicted molar refractivity (Wildman–Crippen MR) is 112 cm³/mol. The third kappa shape index (κ3) is 5.62. The Bertz CT molecular complexity index is 730.